The molecule has 2 heterocycles. The second-order valence-corrected chi connectivity index (χ2v) is 10.6. The molecule has 1 aliphatic carbocycles. The highest BCUT2D eigenvalue weighted by Crippen LogP contribution is 2.51. The molecule has 0 saturated heterocycles. The average Bonchev–Trinajstić information content (AvgIpc) is 3.47. The number of carbonyl (C=O) groups excluding carboxylic acids is 3. The zero-order valence-corrected chi connectivity index (χ0v) is 22.4. The van der Waals surface area contributed by atoms with E-state index >= 15 is 0 Å². The molecule has 2 aromatic carbocycles. The predicted octanol–water partition coefficient (Wildman–Crippen LogP) is 6.39. The van der Waals surface area contributed by atoms with Gasteiger partial charge in [0.1, 0.15) is 5.92 Å². The van der Waals surface area contributed by atoms with Crippen molar-refractivity contribution in [1.82, 2.24) is 0 Å². The Labute approximate surface area is 236 Å². The number of nitro groups is 1. The maximum absolute atomic E-state index is 14.3. The van der Waals surface area contributed by atoms with Crippen LogP contribution in [0, 0.1) is 16.0 Å². The standard InChI is InChI=1S/C29H23F3N2O6S/c1-2-40-28(37)26-19(23-11-6-12-41-23)14-22-25(27(26)36)18(16-7-5-8-17(13-16)34(38)39)15-24(35)33(22)21-10-4-3-9-20(21)29(30,31)32/h3-13,18-19,26H,2,14-15H2,1H3/t18-,19-,26+/m0/s1. The fraction of sp³-hybridized carbons (Fsp3) is 0.276. The summed E-state index contributed by atoms with van der Waals surface area (Å²) in [7, 11) is 0. The summed E-state index contributed by atoms with van der Waals surface area (Å²) in [6.07, 6.45) is -5.33. The average molecular weight is 585 g/mol. The number of para-hydroxylation sites is 1. The van der Waals surface area contributed by atoms with E-state index < -0.39 is 64.2 Å². The highest BCUT2D eigenvalue weighted by Gasteiger charge is 2.51. The number of nitrogens with zero attached hydrogens (tertiary/aromatic N) is 2. The van der Waals surface area contributed by atoms with E-state index in [1.807, 2.05) is 0 Å². The number of non-ortho nitro benzene ring substituents is 1. The Hall–Kier alpha value is -4.32. The summed E-state index contributed by atoms with van der Waals surface area (Å²) in [5.74, 6) is -5.27. The van der Waals surface area contributed by atoms with Crippen LogP contribution in [-0.4, -0.2) is 29.2 Å². The zero-order chi connectivity index (χ0) is 29.5. The number of amides is 1. The Morgan fingerprint density at radius 2 is 1.85 bits per heavy atom. The first-order valence-electron chi connectivity index (χ1n) is 12.7. The quantitative estimate of drug-likeness (QED) is 0.144. The van der Waals surface area contributed by atoms with Gasteiger partial charge in [0.05, 0.1) is 22.8 Å². The van der Waals surface area contributed by atoms with Crippen LogP contribution in [0.2, 0.25) is 0 Å². The molecule has 3 atom stereocenters. The molecule has 0 unspecified atom stereocenters. The lowest BCUT2D eigenvalue weighted by Crippen LogP contribution is -2.47. The van der Waals surface area contributed by atoms with Crippen LogP contribution in [0.5, 0.6) is 0 Å². The van der Waals surface area contributed by atoms with Crippen molar-refractivity contribution in [2.45, 2.75) is 37.8 Å². The summed E-state index contributed by atoms with van der Waals surface area (Å²) in [5.41, 5.74) is -1.46. The normalized spacial score (nSPS) is 21.1. The van der Waals surface area contributed by atoms with Crippen molar-refractivity contribution < 1.29 is 37.2 Å². The molecule has 1 aliphatic heterocycles. The van der Waals surface area contributed by atoms with Crippen LogP contribution in [0.4, 0.5) is 24.5 Å². The number of thiophene rings is 1. The highest BCUT2D eigenvalue weighted by molar-refractivity contribution is 7.10. The summed E-state index contributed by atoms with van der Waals surface area (Å²) in [6, 6.07) is 13.5. The summed E-state index contributed by atoms with van der Waals surface area (Å²) < 4.78 is 47.6. The van der Waals surface area contributed by atoms with E-state index in [2.05, 4.69) is 0 Å². The molecule has 0 saturated carbocycles. The number of alkyl halides is 3. The topological polar surface area (TPSA) is 107 Å². The van der Waals surface area contributed by atoms with E-state index in [0.717, 1.165) is 11.0 Å². The van der Waals surface area contributed by atoms with Crippen molar-refractivity contribution in [3.05, 3.63) is 103 Å². The minimum absolute atomic E-state index is 0.00353. The molecule has 1 aromatic heterocycles. The van der Waals surface area contributed by atoms with Crippen molar-refractivity contribution >= 4 is 40.4 Å². The molecule has 8 nitrogen and oxygen atoms in total. The number of halogens is 3. The van der Waals surface area contributed by atoms with Crippen molar-refractivity contribution in [2.24, 2.45) is 5.92 Å². The first-order chi connectivity index (χ1) is 19.5. The van der Waals surface area contributed by atoms with Crippen LogP contribution in [0.25, 0.3) is 0 Å². The van der Waals surface area contributed by atoms with Gasteiger partial charge in [0.15, 0.2) is 5.78 Å². The van der Waals surface area contributed by atoms with Gasteiger partial charge < -0.3 is 4.74 Å². The van der Waals surface area contributed by atoms with Crippen LogP contribution in [-0.2, 0) is 25.3 Å². The summed E-state index contributed by atoms with van der Waals surface area (Å²) in [4.78, 5) is 53.7. The number of carbonyl (C=O) groups is 3. The minimum atomic E-state index is -4.80. The van der Waals surface area contributed by atoms with E-state index in [-0.39, 0.29) is 35.5 Å². The van der Waals surface area contributed by atoms with Gasteiger partial charge in [-0.1, -0.05) is 30.3 Å². The van der Waals surface area contributed by atoms with E-state index in [1.54, 1.807) is 24.4 Å². The smallest absolute Gasteiger partial charge is 0.418 e. The SMILES string of the molecule is CCOC(=O)[C@H]1C(=O)C2=C(C[C@H]1c1cccs1)N(c1ccccc1C(F)(F)F)C(=O)C[C@H]2c1cccc([N+](=O)[O-])c1. The number of esters is 1. The number of anilines is 1. The van der Waals surface area contributed by atoms with Crippen LogP contribution >= 0.6 is 11.3 Å². The Morgan fingerprint density at radius 3 is 2.51 bits per heavy atom. The molecule has 0 radical (unpaired) electrons. The fourth-order valence-electron chi connectivity index (χ4n) is 5.63. The number of rotatable bonds is 6. The number of ketones is 1. The molecular formula is C29H23F3N2O6S. The van der Waals surface area contributed by atoms with Gasteiger partial charge >= 0.3 is 12.1 Å². The van der Waals surface area contributed by atoms with Gasteiger partial charge in [-0.3, -0.25) is 29.4 Å². The molecule has 41 heavy (non-hydrogen) atoms. The van der Waals surface area contributed by atoms with E-state index in [4.69, 9.17) is 4.74 Å². The van der Waals surface area contributed by atoms with Gasteiger partial charge in [0, 0.05) is 46.5 Å². The molecular weight excluding hydrogens is 561 g/mol. The minimum Gasteiger partial charge on any atom is -0.465 e. The van der Waals surface area contributed by atoms with E-state index in [0.29, 0.717) is 4.88 Å². The molecule has 0 bridgehead atoms. The summed E-state index contributed by atoms with van der Waals surface area (Å²) in [5, 5.41) is 13.2. The Kier molecular flexibility index (Phi) is 7.52. The van der Waals surface area contributed by atoms with Gasteiger partial charge in [-0.25, -0.2) is 0 Å². The number of benzene rings is 2. The Bertz CT molecular complexity index is 1570. The predicted molar refractivity (Wildman–Crippen MR) is 143 cm³/mol. The van der Waals surface area contributed by atoms with Gasteiger partial charge in [0.25, 0.3) is 5.69 Å². The third-order valence-electron chi connectivity index (χ3n) is 7.30. The van der Waals surface area contributed by atoms with Crippen LogP contribution in [0.15, 0.2) is 77.3 Å². The third kappa shape index (κ3) is 5.15. The number of hydrogen-bond acceptors (Lipinski definition) is 7. The van der Waals surface area contributed by atoms with Crippen LogP contribution in [0.3, 0.4) is 0 Å². The van der Waals surface area contributed by atoms with Crippen LogP contribution < -0.4 is 4.90 Å². The molecule has 1 amide bonds. The van der Waals surface area contributed by atoms with E-state index in [9.17, 15) is 37.7 Å². The summed E-state index contributed by atoms with van der Waals surface area (Å²) in [6.45, 7) is 1.60. The molecule has 2 aliphatic rings. The second-order valence-electron chi connectivity index (χ2n) is 9.63. The van der Waals surface area contributed by atoms with Crippen molar-refractivity contribution in [3.63, 3.8) is 0 Å². The number of Topliss-reactive ketones (excluding diaryl/α,β-unsaturated/α-hetero) is 1. The van der Waals surface area contributed by atoms with Gasteiger partial charge in [-0.2, -0.15) is 13.2 Å². The zero-order valence-electron chi connectivity index (χ0n) is 21.6. The maximum atomic E-state index is 14.3. The first kappa shape index (κ1) is 28.2. The largest absolute Gasteiger partial charge is 0.465 e. The highest BCUT2D eigenvalue weighted by atomic mass is 32.1. The number of hydrogen-bond donors (Lipinski definition) is 0. The van der Waals surface area contributed by atoms with E-state index in [1.165, 1.54) is 53.8 Å². The van der Waals surface area contributed by atoms with Gasteiger partial charge in [-0.05, 0) is 42.5 Å². The fourth-order valence-corrected chi connectivity index (χ4v) is 6.50. The maximum Gasteiger partial charge on any atom is 0.418 e. The monoisotopic (exact) mass is 584 g/mol. The molecule has 0 spiro atoms. The third-order valence-corrected chi connectivity index (χ3v) is 8.31. The van der Waals surface area contributed by atoms with Crippen molar-refractivity contribution in [3.8, 4) is 0 Å². The van der Waals surface area contributed by atoms with Gasteiger partial charge in [0.2, 0.25) is 5.91 Å². The lowest BCUT2D eigenvalue weighted by molar-refractivity contribution is -0.384. The molecule has 0 fully saturated rings. The van der Waals surface area contributed by atoms with Crippen molar-refractivity contribution in [1.29, 1.82) is 0 Å². The lowest BCUT2D eigenvalue weighted by Gasteiger charge is -2.42. The summed E-state index contributed by atoms with van der Waals surface area (Å²) >= 11 is 1.28. The number of nitro benzene ring substituents is 1. The van der Waals surface area contributed by atoms with Crippen LogP contribution in [0.1, 0.15) is 47.6 Å². The molecule has 0 N–H and O–H groups in total. The Morgan fingerprint density at radius 1 is 1.10 bits per heavy atom. The second kappa shape index (κ2) is 10.9. The molecule has 5 rings (SSSR count). The number of allylic oxidation sites excluding steroid dienone is 2. The molecule has 3 aromatic rings. The van der Waals surface area contributed by atoms with Crippen molar-refractivity contribution in [2.75, 3.05) is 11.5 Å². The first-order valence-corrected chi connectivity index (χ1v) is 13.6. The Balaban J connectivity index is 1.77. The molecule has 212 valence electrons. The molecule has 12 heteroatoms. The number of ether oxygens (including phenoxy) is 1. The van der Waals surface area contributed by atoms with Gasteiger partial charge in [-0.15, -0.1) is 11.3 Å². The lowest BCUT2D eigenvalue weighted by atomic mass is 9.69.